The number of rotatable bonds is 3. The Labute approximate surface area is 153 Å². The van der Waals surface area contributed by atoms with Crippen LogP contribution in [0.15, 0.2) is 10.6 Å². The van der Waals surface area contributed by atoms with Gasteiger partial charge in [-0.2, -0.15) is 0 Å². The Morgan fingerprint density at radius 3 is 2.65 bits per heavy atom. The van der Waals surface area contributed by atoms with E-state index in [1.54, 1.807) is 0 Å². The van der Waals surface area contributed by atoms with Gasteiger partial charge in [0.1, 0.15) is 17.4 Å². The smallest absolute Gasteiger partial charge is 0.230 e. The molecule has 1 fully saturated rings. The minimum Gasteiger partial charge on any atom is -0.361 e. The summed E-state index contributed by atoms with van der Waals surface area (Å²) in [5.74, 6) is 3.05. The number of nitrogens with zero attached hydrogens (tertiary/aromatic N) is 5. The van der Waals surface area contributed by atoms with Crippen LogP contribution in [0.4, 0.5) is 0 Å². The summed E-state index contributed by atoms with van der Waals surface area (Å²) in [5.41, 5.74) is 1.16. The van der Waals surface area contributed by atoms with Gasteiger partial charge in [-0.3, -0.25) is 4.79 Å². The van der Waals surface area contributed by atoms with Crippen LogP contribution in [0.5, 0.6) is 0 Å². The van der Waals surface area contributed by atoms with Gasteiger partial charge >= 0.3 is 0 Å². The van der Waals surface area contributed by atoms with Gasteiger partial charge in [0.2, 0.25) is 5.91 Å². The standard InChI is InChI=1S/C19H27N5O2/c1-3-16-20-21-17-4-5-19(8-11-24(16)17)6-9-23(10-7-19)18(25)13-15-12-14(2)22-26-15/h12H,3-11,13H2,1-2H3. The molecular formula is C19H27N5O2. The average molecular weight is 357 g/mol. The van der Waals surface area contributed by atoms with E-state index in [1.165, 1.54) is 0 Å². The summed E-state index contributed by atoms with van der Waals surface area (Å²) in [7, 11) is 0. The fourth-order valence-corrected chi connectivity index (χ4v) is 4.42. The van der Waals surface area contributed by atoms with Gasteiger partial charge in [0, 0.05) is 38.5 Å². The van der Waals surface area contributed by atoms with E-state index in [1.807, 2.05) is 17.9 Å². The van der Waals surface area contributed by atoms with Gasteiger partial charge in [0.15, 0.2) is 0 Å². The predicted octanol–water partition coefficient (Wildman–Crippen LogP) is 2.32. The Bertz CT molecular complexity index is 786. The van der Waals surface area contributed by atoms with Crippen molar-refractivity contribution >= 4 is 5.91 Å². The van der Waals surface area contributed by atoms with E-state index in [0.717, 1.165) is 75.5 Å². The SMILES string of the molecule is CCc1nnc2n1CCC1(CC2)CCN(C(=O)Cc2cc(C)no2)CC1. The summed E-state index contributed by atoms with van der Waals surface area (Å²) >= 11 is 0. The Morgan fingerprint density at radius 1 is 1.19 bits per heavy atom. The van der Waals surface area contributed by atoms with E-state index >= 15 is 0 Å². The van der Waals surface area contributed by atoms with E-state index in [9.17, 15) is 4.79 Å². The second-order valence-corrected chi connectivity index (χ2v) is 7.78. The molecule has 0 radical (unpaired) electrons. The van der Waals surface area contributed by atoms with Gasteiger partial charge < -0.3 is 14.0 Å². The van der Waals surface area contributed by atoms with Gasteiger partial charge in [0.25, 0.3) is 0 Å². The van der Waals surface area contributed by atoms with E-state index in [2.05, 4.69) is 26.8 Å². The highest BCUT2D eigenvalue weighted by molar-refractivity contribution is 5.78. The molecule has 0 saturated carbocycles. The monoisotopic (exact) mass is 357 g/mol. The van der Waals surface area contributed by atoms with Crippen molar-refractivity contribution in [3.05, 3.63) is 29.2 Å². The highest BCUT2D eigenvalue weighted by Crippen LogP contribution is 2.41. The first-order chi connectivity index (χ1) is 12.6. The topological polar surface area (TPSA) is 77.1 Å². The molecule has 0 atom stereocenters. The van der Waals surface area contributed by atoms with Crippen molar-refractivity contribution in [2.45, 2.75) is 65.3 Å². The molecular weight excluding hydrogens is 330 g/mol. The van der Waals surface area contributed by atoms with Crippen molar-refractivity contribution in [2.75, 3.05) is 13.1 Å². The number of aryl methyl sites for hydroxylation is 3. The maximum Gasteiger partial charge on any atom is 0.230 e. The first-order valence-corrected chi connectivity index (χ1v) is 9.69. The van der Waals surface area contributed by atoms with Gasteiger partial charge in [0.05, 0.1) is 12.1 Å². The molecule has 1 saturated heterocycles. The lowest BCUT2D eigenvalue weighted by molar-refractivity contribution is -0.133. The number of aromatic nitrogens is 4. The molecule has 2 aliphatic rings. The first-order valence-electron chi connectivity index (χ1n) is 9.69. The molecule has 7 nitrogen and oxygen atoms in total. The summed E-state index contributed by atoms with van der Waals surface area (Å²) in [5, 5.41) is 12.6. The number of piperidine rings is 1. The first kappa shape index (κ1) is 17.2. The van der Waals surface area contributed by atoms with Crippen LogP contribution in [0.25, 0.3) is 0 Å². The molecule has 1 spiro atoms. The van der Waals surface area contributed by atoms with Gasteiger partial charge in [-0.25, -0.2) is 0 Å². The summed E-state index contributed by atoms with van der Waals surface area (Å²) in [4.78, 5) is 14.5. The number of hydrogen-bond donors (Lipinski definition) is 0. The maximum absolute atomic E-state index is 12.6. The van der Waals surface area contributed by atoms with Crippen molar-refractivity contribution < 1.29 is 9.32 Å². The third-order valence-corrected chi connectivity index (χ3v) is 6.14. The fraction of sp³-hybridized carbons (Fsp3) is 0.684. The number of hydrogen-bond acceptors (Lipinski definition) is 5. The molecule has 7 heteroatoms. The lowest BCUT2D eigenvalue weighted by Crippen LogP contribution is -2.44. The normalized spacial score (nSPS) is 19.4. The van der Waals surface area contributed by atoms with Crippen molar-refractivity contribution in [3.63, 3.8) is 0 Å². The van der Waals surface area contributed by atoms with Crippen LogP contribution in [0, 0.1) is 12.3 Å². The lowest BCUT2D eigenvalue weighted by atomic mass is 9.72. The summed E-state index contributed by atoms with van der Waals surface area (Å²) in [6.45, 7) is 6.70. The van der Waals surface area contributed by atoms with E-state index in [-0.39, 0.29) is 5.91 Å². The molecule has 26 heavy (non-hydrogen) atoms. The second-order valence-electron chi connectivity index (χ2n) is 7.78. The molecule has 0 aromatic carbocycles. The van der Waals surface area contributed by atoms with Crippen molar-refractivity contribution in [3.8, 4) is 0 Å². The highest BCUT2D eigenvalue weighted by atomic mass is 16.5. The Hall–Kier alpha value is -2.18. The Kier molecular flexibility index (Phi) is 4.54. The minimum atomic E-state index is 0.148. The zero-order valence-corrected chi connectivity index (χ0v) is 15.7. The number of amides is 1. The summed E-state index contributed by atoms with van der Waals surface area (Å²) < 4.78 is 7.51. The van der Waals surface area contributed by atoms with Crippen LogP contribution in [0.2, 0.25) is 0 Å². The average Bonchev–Trinajstić information content (AvgIpc) is 3.19. The second kappa shape index (κ2) is 6.85. The number of likely N-dealkylation sites (tertiary alicyclic amines) is 1. The summed E-state index contributed by atoms with van der Waals surface area (Å²) in [6, 6.07) is 1.84. The number of fused-ring (bicyclic) bond motifs is 1. The van der Waals surface area contributed by atoms with E-state index < -0.39 is 0 Å². The third-order valence-electron chi connectivity index (χ3n) is 6.14. The van der Waals surface area contributed by atoms with E-state index in [4.69, 9.17) is 4.52 Å². The molecule has 0 aliphatic carbocycles. The van der Waals surface area contributed by atoms with Crippen LogP contribution in [0.1, 0.15) is 55.7 Å². The fourth-order valence-electron chi connectivity index (χ4n) is 4.42. The zero-order valence-electron chi connectivity index (χ0n) is 15.7. The molecule has 0 N–H and O–H groups in total. The third kappa shape index (κ3) is 3.27. The molecule has 0 unspecified atom stereocenters. The molecule has 1 amide bonds. The Morgan fingerprint density at radius 2 is 1.96 bits per heavy atom. The van der Waals surface area contributed by atoms with Crippen molar-refractivity contribution in [1.82, 2.24) is 24.8 Å². The van der Waals surface area contributed by atoms with Crippen LogP contribution in [-0.2, 0) is 30.6 Å². The largest absolute Gasteiger partial charge is 0.361 e. The van der Waals surface area contributed by atoms with Crippen LogP contribution in [0.3, 0.4) is 0 Å². The zero-order chi connectivity index (χ0) is 18.1. The van der Waals surface area contributed by atoms with Crippen molar-refractivity contribution in [1.29, 1.82) is 0 Å². The molecule has 140 valence electrons. The molecule has 4 heterocycles. The highest BCUT2D eigenvalue weighted by Gasteiger charge is 2.37. The molecule has 2 aliphatic heterocycles. The van der Waals surface area contributed by atoms with Gasteiger partial charge in [-0.15, -0.1) is 10.2 Å². The quantitative estimate of drug-likeness (QED) is 0.842. The molecule has 2 aromatic rings. The number of carbonyl (C=O) groups excluding carboxylic acids is 1. The predicted molar refractivity (Wildman–Crippen MR) is 95.5 cm³/mol. The van der Waals surface area contributed by atoms with Crippen LogP contribution < -0.4 is 0 Å². The minimum absolute atomic E-state index is 0.148. The van der Waals surface area contributed by atoms with Gasteiger partial charge in [-0.05, 0) is 38.0 Å². The van der Waals surface area contributed by atoms with Crippen LogP contribution >= 0.6 is 0 Å². The maximum atomic E-state index is 12.6. The van der Waals surface area contributed by atoms with Gasteiger partial charge in [-0.1, -0.05) is 12.1 Å². The van der Waals surface area contributed by atoms with Crippen LogP contribution in [-0.4, -0.2) is 43.8 Å². The molecule has 2 aromatic heterocycles. The lowest BCUT2D eigenvalue weighted by Gasteiger charge is -2.41. The van der Waals surface area contributed by atoms with Crippen molar-refractivity contribution in [2.24, 2.45) is 5.41 Å². The number of carbonyl (C=O) groups is 1. The molecule has 4 rings (SSSR count). The molecule has 0 bridgehead atoms. The Balaban J connectivity index is 1.36. The van der Waals surface area contributed by atoms with E-state index in [0.29, 0.717) is 17.6 Å². The summed E-state index contributed by atoms with van der Waals surface area (Å²) in [6.07, 6.45) is 6.71.